The van der Waals surface area contributed by atoms with Gasteiger partial charge in [-0.15, -0.1) is 10.2 Å². The van der Waals surface area contributed by atoms with Crippen LogP contribution in [0.2, 0.25) is 5.02 Å². The van der Waals surface area contributed by atoms with Crippen LogP contribution in [-0.4, -0.2) is 20.6 Å². The predicted octanol–water partition coefficient (Wildman–Crippen LogP) is 5.83. The second-order valence-corrected chi connectivity index (χ2v) is 7.03. The number of rotatable bonds is 3. The van der Waals surface area contributed by atoms with E-state index in [1.54, 1.807) is 36.7 Å². The Bertz CT molecular complexity index is 1280. The van der Waals surface area contributed by atoms with Gasteiger partial charge < -0.3 is 9.67 Å². The summed E-state index contributed by atoms with van der Waals surface area (Å²) in [7, 11) is 1.72. The Labute approximate surface area is 172 Å². The van der Waals surface area contributed by atoms with Gasteiger partial charge in [-0.1, -0.05) is 41.9 Å². The Morgan fingerprint density at radius 2 is 1.90 bits per heavy atom. The van der Waals surface area contributed by atoms with E-state index >= 15 is 0 Å². The van der Waals surface area contributed by atoms with Crippen LogP contribution < -0.4 is 0 Å². The second kappa shape index (κ2) is 7.48. The van der Waals surface area contributed by atoms with Crippen LogP contribution in [-0.2, 0) is 7.05 Å². The summed E-state index contributed by atoms with van der Waals surface area (Å²) < 4.78 is 1.60. The van der Waals surface area contributed by atoms with Gasteiger partial charge in [0, 0.05) is 23.0 Å². The largest absolute Gasteiger partial charge is 0.493 e. The third-order valence-electron chi connectivity index (χ3n) is 4.73. The summed E-state index contributed by atoms with van der Waals surface area (Å²) in [6.07, 6.45) is 0. The molecule has 6 nitrogen and oxygen atoms in total. The number of carbonyl (C=O) groups excluding carboxylic acids is 1. The SMILES string of the molecule is Cc1nc(-c2cccc(Cl)c2)ccc1C(=O)N=Nc1c(O)n(C)c2ccccc12. The molecule has 7 heteroatoms. The first-order valence-electron chi connectivity index (χ1n) is 8.91. The number of fused-ring (bicyclic) bond motifs is 1. The number of aromatic hydroxyl groups is 1. The summed E-state index contributed by atoms with van der Waals surface area (Å²) in [6, 6.07) is 18.2. The molecule has 144 valence electrons. The molecule has 0 unspecified atom stereocenters. The van der Waals surface area contributed by atoms with Crippen LogP contribution in [0.15, 0.2) is 70.9 Å². The fourth-order valence-corrected chi connectivity index (χ4v) is 3.39. The van der Waals surface area contributed by atoms with Crippen molar-refractivity contribution in [2.45, 2.75) is 6.92 Å². The average Bonchev–Trinajstić information content (AvgIpc) is 2.96. The van der Waals surface area contributed by atoms with Crippen molar-refractivity contribution in [3.05, 3.63) is 76.9 Å². The molecule has 1 amide bonds. The lowest BCUT2D eigenvalue weighted by Crippen LogP contribution is -2.00. The quantitative estimate of drug-likeness (QED) is 0.436. The monoisotopic (exact) mass is 404 g/mol. The van der Waals surface area contributed by atoms with Crippen molar-refractivity contribution in [1.29, 1.82) is 0 Å². The predicted molar refractivity (Wildman–Crippen MR) is 113 cm³/mol. The van der Waals surface area contributed by atoms with E-state index in [9.17, 15) is 9.90 Å². The number of hydrogen-bond donors (Lipinski definition) is 1. The Balaban J connectivity index is 1.65. The van der Waals surface area contributed by atoms with Crippen LogP contribution in [0.1, 0.15) is 16.1 Å². The van der Waals surface area contributed by atoms with Gasteiger partial charge in [-0.3, -0.25) is 9.78 Å². The zero-order chi connectivity index (χ0) is 20.5. The first-order chi connectivity index (χ1) is 14.0. The molecule has 29 heavy (non-hydrogen) atoms. The van der Waals surface area contributed by atoms with E-state index in [0.717, 1.165) is 16.5 Å². The lowest BCUT2D eigenvalue weighted by molar-refractivity contribution is 0.0994. The van der Waals surface area contributed by atoms with Gasteiger partial charge in [0.2, 0.25) is 5.88 Å². The molecule has 0 saturated heterocycles. The van der Waals surface area contributed by atoms with Gasteiger partial charge in [0.25, 0.3) is 5.91 Å². The minimum Gasteiger partial charge on any atom is -0.493 e. The van der Waals surface area contributed by atoms with Crippen molar-refractivity contribution in [3.63, 3.8) is 0 Å². The molecule has 0 saturated carbocycles. The van der Waals surface area contributed by atoms with Crippen molar-refractivity contribution in [1.82, 2.24) is 9.55 Å². The van der Waals surface area contributed by atoms with Crippen molar-refractivity contribution in [3.8, 4) is 17.1 Å². The lowest BCUT2D eigenvalue weighted by Gasteiger charge is -2.05. The van der Waals surface area contributed by atoms with E-state index in [0.29, 0.717) is 22.0 Å². The number of carbonyl (C=O) groups is 1. The standard InChI is InChI=1S/C22H17ClN4O2/c1-13-16(10-11-18(24-13)14-6-5-7-15(23)12-14)21(28)26-25-20-17-8-3-4-9-19(17)27(2)22(20)29/h3-12,29H,1-2H3. The van der Waals surface area contributed by atoms with Gasteiger partial charge in [-0.2, -0.15) is 0 Å². The maximum absolute atomic E-state index is 12.6. The molecule has 0 atom stereocenters. The molecule has 1 N–H and O–H groups in total. The molecule has 0 aliphatic heterocycles. The first-order valence-corrected chi connectivity index (χ1v) is 9.29. The van der Waals surface area contributed by atoms with E-state index in [-0.39, 0.29) is 11.6 Å². The van der Waals surface area contributed by atoms with Gasteiger partial charge in [0.1, 0.15) is 0 Å². The molecule has 4 rings (SSSR count). The zero-order valence-corrected chi connectivity index (χ0v) is 16.6. The summed E-state index contributed by atoms with van der Waals surface area (Å²) in [4.78, 5) is 17.1. The normalized spacial score (nSPS) is 11.4. The number of aromatic nitrogens is 2. The number of azo groups is 1. The minimum atomic E-state index is -0.528. The molecule has 2 heterocycles. The van der Waals surface area contributed by atoms with E-state index in [2.05, 4.69) is 15.2 Å². The molecular formula is C22H17ClN4O2. The Morgan fingerprint density at radius 3 is 2.66 bits per heavy atom. The number of nitrogens with zero attached hydrogens (tertiary/aromatic N) is 4. The lowest BCUT2D eigenvalue weighted by atomic mass is 10.1. The molecule has 0 spiro atoms. The summed E-state index contributed by atoms with van der Waals surface area (Å²) in [5.74, 6) is -0.575. The molecule has 0 bridgehead atoms. The van der Waals surface area contributed by atoms with E-state index in [4.69, 9.17) is 11.6 Å². The van der Waals surface area contributed by atoms with E-state index < -0.39 is 5.91 Å². The smallest absolute Gasteiger partial charge is 0.297 e. The van der Waals surface area contributed by atoms with Crippen molar-refractivity contribution >= 4 is 34.1 Å². The third kappa shape index (κ3) is 3.50. The fraction of sp³-hybridized carbons (Fsp3) is 0.0909. The summed E-state index contributed by atoms with van der Waals surface area (Å²) in [6.45, 7) is 1.74. The topological polar surface area (TPSA) is 79.8 Å². The highest BCUT2D eigenvalue weighted by molar-refractivity contribution is 6.30. The second-order valence-electron chi connectivity index (χ2n) is 6.59. The van der Waals surface area contributed by atoms with Crippen LogP contribution in [0.5, 0.6) is 5.88 Å². The minimum absolute atomic E-state index is 0.0473. The van der Waals surface area contributed by atoms with Crippen LogP contribution in [0.4, 0.5) is 5.69 Å². The highest BCUT2D eigenvalue weighted by Gasteiger charge is 2.15. The van der Waals surface area contributed by atoms with Gasteiger partial charge in [-0.05, 0) is 37.3 Å². The van der Waals surface area contributed by atoms with Crippen molar-refractivity contribution in [2.75, 3.05) is 0 Å². The van der Waals surface area contributed by atoms with Gasteiger partial charge in [0.05, 0.1) is 22.5 Å². The highest BCUT2D eigenvalue weighted by Crippen LogP contribution is 2.37. The van der Waals surface area contributed by atoms with E-state index in [1.807, 2.05) is 42.5 Å². The molecule has 0 radical (unpaired) electrons. The third-order valence-corrected chi connectivity index (χ3v) is 4.96. The number of halogens is 1. The summed E-state index contributed by atoms with van der Waals surface area (Å²) in [5, 5.41) is 19.5. The first kappa shape index (κ1) is 18.8. The van der Waals surface area contributed by atoms with Crippen molar-refractivity contribution < 1.29 is 9.90 Å². The van der Waals surface area contributed by atoms with E-state index in [1.165, 1.54) is 0 Å². The zero-order valence-electron chi connectivity index (χ0n) is 15.8. The number of pyridine rings is 1. The molecular weight excluding hydrogens is 388 g/mol. The summed E-state index contributed by atoms with van der Waals surface area (Å²) >= 11 is 6.04. The van der Waals surface area contributed by atoms with Crippen LogP contribution in [0.25, 0.3) is 22.2 Å². The number of hydrogen-bond acceptors (Lipinski definition) is 4. The van der Waals surface area contributed by atoms with Gasteiger partial charge in [-0.25, -0.2) is 0 Å². The van der Waals surface area contributed by atoms with Gasteiger partial charge >= 0.3 is 0 Å². The van der Waals surface area contributed by atoms with Crippen LogP contribution in [0, 0.1) is 6.92 Å². The molecule has 2 aromatic heterocycles. The Hall–Kier alpha value is -3.51. The number of benzene rings is 2. The van der Waals surface area contributed by atoms with Crippen molar-refractivity contribution in [2.24, 2.45) is 17.3 Å². The molecule has 4 aromatic rings. The number of para-hydroxylation sites is 1. The number of aryl methyl sites for hydroxylation is 2. The molecule has 0 aliphatic rings. The Kier molecular flexibility index (Phi) is 4.86. The Morgan fingerprint density at radius 1 is 1.10 bits per heavy atom. The molecule has 2 aromatic carbocycles. The maximum Gasteiger partial charge on any atom is 0.297 e. The maximum atomic E-state index is 12.6. The average molecular weight is 405 g/mol. The molecule has 0 aliphatic carbocycles. The number of amides is 1. The highest BCUT2D eigenvalue weighted by atomic mass is 35.5. The van der Waals surface area contributed by atoms with Gasteiger partial charge in [0.15, 0.2) is 5.69 Å². The van der Waals surface area contributed by atoms with Crippen LogP contribution in [0.3, 0.4) is 0 Å². The van der Waals surface area contributed by atoms with Crippen LogP contribution >= 0.6 is 11.6 Å². The molecule has 0 fully saturated rings. The summed E-state index contributed by atoms with van der Waals surface area (Å²) in [5.41, 5.74) is 3.52. The fourth-order valence-electron chi connectivity index (χ4n) is 3.20.